The summed E-state index contributed by atoms with van der Waals surface area (Å²) in [5, 5.41) is 3.80. The van der Waals surface area contributed by atoms with Gasteiger partial charge in [0.1, 0.15) is 18.3 Å². The lowest BCUT2D eigenvalue weighted by Gasteiger charge is -2.47. The normalized spacial score (nSPS) is 34.5. The molecule has 0 bridgehead atoms. The van der Waals surface area contributed by atoms with E-state index in [0.29, 0.717) is 0 Å². The second-order valence-corrected chi connectivity index (χ2v) is 5.69. The lowest BCUT2D eigenvalue weighted by Crippen LogP contribution is -2.63. The Bertz CT molecular complexity index is 651. The number of esters is 1. The lowest BCUT2D eigenvalue weighted by atomic mass is 9.92. The minimum Gasteiger partial charge on any atom is -0.467 e. The van der Waals surface area contributed by atoms with Crippen molar-refractivity contribution in [3.8, 4) is 0 Å². The van der Waals surface area contributed by atoms with Crippen LogP contribution in [-0.4, -0.2) is 57.3 Å². The third-order valence-corrected chi connectivity index (χ3v) is 4.31. The average molecular weight is 349 g/mol. The molecule has 0 N–H and O–H groups in total. The molecule has 9 heteroatoms. The Morgan fingerprint density at radius 2 is 2.04 bits per heavy atom. The Balaban J connectivity index is 1.87. The summed E-state index contributed by atoms with van der Waals surface area (Å²) in [7, 11) is 2.67. The van der Waals surface area contributed by atoms with Crippen LogP contribution in [0.1, 0.15) is 11.9 Å². The summed E-state index contributed by atoms with van der Waals surface area (Å²) >= 11 is 0. The van der Waals surface area contributed by atoms with Crippen molar-refractivity contribution < 1.29 is 28.5 Å². The maximum Gasteiger partial charge on any atom is 0.337 e. The molecular formula is C16H19N3O6. The summed E-state index contributed by atoms with van der Waals surface area (Å²) in [6, 6.07) is 8.64. The standard InChI is InChI=1S/C16H19N3O6/c1-21-13-11(18-19-17)12-10(24-14(13)15(20)22-2)8-23-16(25-12)9-6-4-3-5-7-9/h3-7,10-14,16H,8H2,1-2H3/t10-,11+,12+,13-,14?,16?/m1/s1. The SMILES string of the molecule is COC(=O)C1O[C@@H]2COC(c3ccccc3)O[C@@H]2[C@H](N=[N+]=[N-])[C@H]1OC. The molecule has 0 aromatic heterocycles. The van der Waals surface area contributed by atoms with Crippen molar-refractivity contribution in [2.75, 3.05) is 20.8 Å². The maximum absolute atomic E-state index is 12.0. The van der Waals surface area contributed by atoms with Gasteiger partial charge in [0.15, 0.2) is 12.4 Å². The van der Waals surface area contributed by atoms with Crippen molar-refractivity contribution in [1.29, 1.82) is 0 Å². The van der Waals surface area contributed by atoms with Crippen LogP contribution in [0, 0.1) is 0 Å². The maximum atomic E-state index is 12.0. The molecule has 134 valence electrons. The van der Waals surface area contributed by atoms with E-state index in [4.69, 9.17) is 29.2 Å². The fourth-order valence-corrected chi connectivity index (χ4v) is 3.14. The van der Waals surface area contributed by atoms with E-state index in [0.717, 1.165) is 5.56 Å². The van der Waals surface area contributed by atoms with E-state index in [1.54, 1.807) is 0 Å². The third-order valence-electron chi connectivity index (χ3n) is 4.31. The average Bonchev–Trinajstić information content (AvgIpc) is 2.67. The first-order valence-electron chi connectivity index (χ1n) is 7.82. The molecule has 0 radical (unpaired) electrons. The van der Waals surface area contributed by atoms with E-state index in [1.807, 2.05) is 30.3 Å². The van der Waals surface area contributed by atoms with Crippen LogP contribution >= 0.6 is 0 Å². The number of benzene rings is 1. The van der Waals surface area contributed by atoms with Gasteiger partial charge in [0, 0.05) is 17.6 Å². The highest BCUT2D eigenvalue weighted by molar-refractivity contribution is 5.75. The number of nitrogens with zero attached hydrogens (tertiary/aromatic N) is 3. The summed E-state index contributed by atoms with van der Waals surface area (Å²) < 4.78 is 27.6. The molecule has 0 aliphatic carbocycles. The Hall–Kier alpha value is -2.16. The fraction of sp³-hybridized carbons (Fsp3) is 0.562. The molecule has 0 saturated carbocycles. The number of hydrogen-bond donors (Lipinski definition) is 0. The van der Waals surface area contributed by atoms with Crippen LogP contribution in [0.15, 0.2) is 35.4 Å². The van der Waals surface area contributed by atoms with Gasteiger partial charge in [-0.3, -0.25) is 0 Å². The van der Waals surface area contributed by atoms with Crippen LogP contribution in [0.25, 0.3) is 10.4 Å². The minimum absolute atomic E-state index is 0.186. The second-order valence-electron chi connectivity index (χ2n) is 5.69. The van der Waals surface area contributed by atoms with Gasteiger partial charge in [-0.05, 0) is 5.53 Å². The van der Waals surface area contributed by atoms with Gasteiger partial charge < -0.3 is 23.7 Å². The molecule has 2 unspecified atom stereocenters. The van der Waals surface area contributed by atoms with Gasteiger partial charge in [-0.15, -0.1) is 0 Å². The fourth-order valence-electron chi connectivity index (χ4n) is 3.14. The monoisotopic (exact) mass is 349 g/mol. The highest BCUT2D eigenvalue weighted by atomic mass is 16.7. The van der Waals surface area contributed by atoms with Gasteiger partial charge in [0.25, 0.3) is 0 Å². The van der Waals surface area contributed by atoms with Gasteiger partial charge in [-0.1, -0.05) is 35.4 Å². The number of azide groups is 1. The van der Waals surface area contributed by atoms with Gasteiger partial charge in [0.05, 0.1) is 19.8 Å². The molecule has 2 fully saturated rings. The number of ether oxygens (including phenoxy) is 5. The molecule has 1 aromatic rings. The van der Waals surface area contributed by atoms with Crippen molar-refractivity contribution in [2.45, 2.75) is 36.7 Å². The van der Waals surface area contributed by atoms with E-state index in [9.17, 15) is 4.79 Å². The smallest absolute Gasteiger partial charge is 0.337 e. The molecule has 2 aliphatic rings. The number of carbonyl (C=O) groups is 1. The molecule has 3 rings (SSSR count). The zero-order chi connectivity index (χ0) is 17.8. The van der Waals surface area contributed by atoms with E-state index >= 15 is 0 Å². The Kier molecular flexibility index (Phi) is 5.52. The molecule has 1 aromatic carbocycles. The number of rotatable bonds is 4. The lowest BCUT2D eigenvalue weighted by molar-refractivity contribution is -0.306. The summed E-state index contributed by atoms with van der Waals surface area (Å²) in [6.07, 6.45) is -3.65. The first kappa shape index (κ1) is 17.7. The zero-order valence-corrected chi connectivity index (χ0v) is 13.8. The van der Waals surface area contributed by atoms with Gasteiger partial charge >= 0.3 is 5.97 Å². The quantitative estimate of drug-likeness (QED) is 0.354. The van der Waals surface area contributed by atoms with Crippen molar-refractivity contribution in [1.82, 2.24) is 0 Å². The summed E-state index contributed by atoms with van der Waals surface area (Å²) in [5.74, 6) is -0.603. The van der Waals surface area contributed by atoms with Gasteiger partial charge in [-0.25, -0.2) is 4.79 Å². The summed E-state index contributed by atoms with van der Waals surface area (Å²) in [4.78, 5) is 14.9. The molecular weight excluding hydrogens is 330 g/mol. The van der Waals surface area contributed by atoms with Crippen LogP contribution in [0.2, 0.25) is 0 Å². The summed E-state index contributed by atoms with van der Waals surface area (Å²) in [5.41, 5.74) is 9.78. The number of carbonyl (C=O) groups excluding carboxylic acids is 1. The Labute approximate surface area is 144 Å². The Morgan fingerprint density at radius 3 is 2.68 bits per heavy atom. The highest BCUT2D eigenvalue weighted by Gasteiger charge is 2.52. The molecule has 2 aliphatic heterocycles. The van der Waals surface area contributed by atoms with Gasteiger partial charge in [-0.2, -0.15) is 0 Å². The third kappa shape index (κ3) is 3.46. The van der Waals surface area contributed by atoms with E-state index < -0.39 is 42.7 Å². The number of hydrogen-bond acceptors (Lipinski definition) is 7. The molecule has 6 atom stereocenters. The van der Waals surface area contributed by atoms with E-state index in [2.05, 4.69) is 10.0 Å². The number of methoxy groups -OCH3 is 2. The van der Waals surface area contributed by atoms with Crippen molar-refractivity contribution in [2.24, 2.45) is 5.11 Å². The first-order chi connectivity index (χ1) is 12.2. The van der Waals surface area contributed by atoms with Crippen LogP contribution < -0.4 is 0 Å². The predicted molar refractivity (Wildman–Crippen MR) is 84.4 cm³/mol. The van der Waals surface area contributed by atoms with Crippen LogP contribution in [0.5, 0.6) is 0 Å². The van der Waals surface area contributed by atoms with Crippen molar-refractivity contribution in [3.63, 3.8) is 0 Å². The molecule has 2 saturated heterocycles. The molecule has 0 amide bonds. The predicted octanol–water partition coefficient (Wildman–Crippen LogP) is 1.73. The molecule has 9 nitrogen and oxygen atoms in total. The highest BCUT2D eigenvalue weighted by Crippen LogP contribution is 2.36. The van der Waals surface area contributed by atoms with Gasteiger partial charge in [0.2, 0.25) is 0 Å². The van der Waals surface area contributed by atoms with E-state index in [-0.39, 0.29) is 6.61 Å². The van der Waals surface area contributed by atoms with Crippen molar-refractivity contribution >= 4 is 5.97 Å². The van der Waals surface area contributed by atoms with E-state index in [1.165, 1.54) is 14.2 Å². The topological polar surface area (TPSA) is 112 Å². The van der Waals surface area contributed by atoms with Crippen LogP contribution in [0.3, 0.4) is 0 Å². The summed E-state index contributed by atoms with van der Waals surface area (Å²) in [6.45, 7) is 0.186. The molecule has 25 heavy (non-hydrogen) atoms. The van der Waals surface area contributed by atoms with Crippen LogP contribution in [-0.2, 0) is 28.5 Å². The second kappa shape index (κ2) is 7.81. The first-order valence-corrected chi connectivity index (χ1v) is 7.82. The largest absolute Gasteiger partial charge is 0.467 e. The van der Waals surface area contributed by atoms with Crippen LogP contribution in [0.4, 0.5) is 0 Å². The van der Waals surface area contributed by atoms with Crippen molar-refractivity contribution in [3.05, 3.63) is 46.3 Å². The number of fused-ring (bicyclic) bond motifs is 1. The molecule has 0 spiro atoms. The molecule has 2 heterocycles. The minimum atomic E-state index is -1.02. The zero-order valence-electron chi connectivity index (χ0n) is 13.8. The Morgan fingerprint density at radius 1 is 1.28 bits per heavy atom.